The van der Waals surface area contributed by atoms with Crippen molar-refractivity contribution in [3.05, 3.63) is 47.0 Å². The normalized spacial score (nSPS) is 13.7. The lowest BCUT2D eigenvalue weighted by Crippen LogP contribution is -2.47. The van der Waals surface area contributed by atoms with Crippen LogP contribution in [0.1, 0.15) is 28.5 Å². The first-order valence-corrected chi connectivity index (χ1v) is 7.18. The van der Waals surface area contributed by atoms with Gasteiger partial charge in [-0.3, -0.25) is 4.79 Å². The molecule has 0 bridgehead atoms. The van der Waals surface area contributed by atoms with Crippen molar-refractivity contribution in [3.8, 4) is 6.07 Å². The van der Waals surface area contributed by atoms with Gasteiger partial charge in [0.1, 0.15) is 11.4 Å². The molecule has 1 unspecified atom stereocenters. The van der Waals surface area contributed by atoms with Gasteiger partial charge in [-0.25, -0.2) is 9.07 Å². The van der Waals surface area contributed by atoms with Gasteiger partial charge in [0, 0.05) is 0 Å². The third kappa shape index (κ3) is 4.34. The molecule has 1 amide bonds. The fourth-order valence-corrected chi connectivity index (χ4v) is 1.97. The molecule has 1 atom stereocenters. The molecule has 0 fully saturated rings. The average Bonchev–Trinajstić information content (AvgIpc) is 3.04. The number of hydrogen-bond acceptors (Lipinski definition) is 5. The molecule has 0 radical (unpaired) electrons. The van der Waals surface area contributed by atoms with E-state index in [9.17, 15) is 22.4 Å². The van der Waals surface area contributed by atoms with E-state index >= 15 is 0 Å². The zero-order valence-electron chi connectivity index (χ0n) is 13.4. The van der Waals surface area contributed by atoms with Gasteiger partial charge in [0.15, 0.2) is 5.69 Å². The molecule has 7 nitrogen and oxygen atoms in total. The molecule has 2 rings (SSSR count). The van der Waals surface area contributed by atoms with Crippen LogP contribution < -0.4 is 5.32 Å². The third-order valence-corrected chi connectivity index (χ3v) is 3.40. The van der Waals surface area contributed by atoms with Crippen LogP contribution in [0.4, 0.5) is 17.6 Å². The minimum Gasteiger partial charge on any atom is -0.393 e. The van der Waals surface area contributed by atoms with Crippen LogP contribution >= 0.6 is 0 Å². The van der Waals surface area contributed by atoms with E-state index in [1.807, 2.05) is 0 Å². The highest BCUT2D eigenvalue weighted by Gasteiger charge is 2.34. The van der Waals surface area contributed by atoms with Crippen molar-refractivity contribution in [3.63, 3.8) is 0 Å². The number of halogens is 4. The van der Waals surface area contributed by atoms with E-state index in [2.05, 4.69) is 15.6 Å². The summed E-state index contributed by atoms with van der Waals surface area (Å²) in [5.74, 6) is -2.18. The first-order chi connectivity index (χ1) is 12.1. The summed E-state index contributed by atoms with van der Waals surface area (Å²) >= 11 is 0. The highest BCUT2D eigenvalue weighted by Crippen LogP contribution is 2.32. The number of amides is 1. The second-order valence-corrected chi connectivity index (χ2v) is 5.67. The molecule has 1 aromatic carbocycles. The molecule has 0 aliphatic heterocycles. The minimum atomic E-state index is -4.83. The Balaban J connectivity index is 2.17. The fraction of sp³-hybridized carbons (Fsp3) is 0.333. The first kappa shape index (κ1) is 19.3. The van der Waals surface area contributed by atoms with Crippen molar-refractivity contribution in [2.75, 3.05) is 6.61 Å². The number of carbonyl (C=O) groups excluding carboxylic acids is 1. The molecule has 2 aromatic rings. The molecule has 138 valence electrons. The standard InChI is InChI=1S/C15H13F4N5O2/c1-14(7-20,8-25)21-13(26)12-6-24(23-22-12)5-9-2-3-11(16)10(4-9)15(17,18)19/h2-4,6,25H,5,8H2,1H3,(H,21,26). The van der Waals surface area contributed by atoms with Gasteiger partial charge < -0.3 is 10.4 Å². The maximum Gasteiger partial charge on any atom is 0.419 e. The Morgan fingerprint density at radius 3 is 2.69 bits per heavy atom. The Morgan fingerprint density at radius 1 is 1.42 bits per heavy atom. The number of carbonyl (C=O) groups is 1. The maximum atomic E-state index is 13.3. The minimum absolute atomic E-state index is 0.104. The van der Waals surface area contributed by atoms with Gasteiger partial charge in [0.05, 0.1) is 31.0 Å². The van der Waals surface area contributed by atoms with E-state index in [1.165, 1.54) is 6.92 Å². The van der Waals surface area contributed by atoms with Crippen LogP contribution in [0.15, 0.2) is 24.4 Å². The van der Waals surface area contributed by atoms with Crippen molar-refractivity contribution in [1.82, 2.24) is 20.3 Å². The lowest BCUT2D eigenvalue weighted by molar-refractivity contribution is -0.140. The smallest absolute Gasteiger partial charge is 0.393 e. The molecule has 2 N–H and O–H groups in total. The number of alkyl halides is 3. The van der Waals surface area contributed by atoms with Gasteiger partial charge >= 0.3 is 6.18 Å². The molecular weight excluding hydrogens is 358 g/mol. The first-order valence-electron chi connectivity index (χ1n) is 7.18. The Labute approximate surface area is 144 Å². The van der Waals surface area contributed by atoms with Gasteiger partial charge in [-0.15, -0.1) is 5.10 Å². The predicted octanol–water partition coefficient (Wildman–Crippen LogP) is 1.49. The number of nitriles is 1. The molecule has 1 heterocycles. The van der Waals surface area contributed by atoms with Gasteiger partial charge in [-0.05, 0) is 24.6 Å². The highest BCUT2D eigenvalue weighted by molar-refractivity contribution is 5.92. The number of nitrogens with one attached hydrogen (secondary N) is 1. The molecule has 0 saturated carbocycles. The zero-order chi connectivity index (χ0) is 19.5. The van der Waals surface area contributed by atoms with Crippen LogP contribution in [-0.4, -0.2) is 38.2 Å². The largest absolute Gasteiger partial charge is 0.419 e. The van der Waals surface area contributed by atoms with Crippen LogP contribution in [0.5, 0.6) is 0 Å². The lowest BCUT2D eigenvalue weighted by atomic mass is 10.1. The number of benzene rings is 1. The Bertz CT molecular complexity index is 858. The fourth-order valence-electron chi connectivity index (χ4n) is 1.97. The SMILES string of the molecule is CC(C#N)(CO)NC(=O)c1cn(Cc2ccc(F)c(C(F)(F)F)c2)nn1. The van der Waals surface area contributed by atoms with Gasteiger partial charge in [-0.2, -0.15) is 18.4 Å². The molecule has 0 spiro atoms. The van der Waals surface area contributed by atoms with E-state index in [0.29, 0.717) is 12.1 Å². The van der Waals surface area contributed by atoms with Crippen molar-refractivity contribution < 1.29 is 27.5 Å². The molecule has 0 saturated heterocycles. The summed E-state index contributed by atoms with van der Waals surface area (Å²) in [6.45, 7) is 0.491. The van der Waals surface area contributed by atoms with E-state index in [1.54, 1.807) is 6.07 Å². The molecule has 1 aromatic heterocycles. The molecular formula is C15H13F4N5O2. The van der Waals surface area contributed by atoms with E-state index < -0.39 is 35.6 Å². The number of rotatable bonds is 5. The van der Waals surface area contributed by atoms with E-state index in [4.69, 9.17) is 10.4 Å². The summed E-state index contributed by atoms with van der Waals surface area (Å²) in [6, 6.07) is 4.22. The molecule has 0 aliphatic carbocycles. The number of aliphatic hydroxyl groups is 1. The second-order valence-electron chi connectivity index (χ2n) is 5.67. The number of hydrogen-bond donors (Lipinski definition) is 2. The van der Waals surface area contributed by atoms with Crippen LogP contribution in [0.25, 0.3) is 0 Å². The van der Waals surface area contributed by atoms with Gasteiger partial charge in [-0.1, -0.05) is 11.3 Å². The Kier molecular flexibility index (Phi) is 5.27. The third-order valence-electron chi connectivity index (χ3n) is 3.40. The van der Waals surface area contributed by atoms with Crippen molar-refractivity contribution in [2.24, 2.45) is 0 Å². The zero-order valence-corrected chi connectivity index (χ0v) is 13.4. The average molecular weight is 371 g/mol. The van der Waals surface area contributed by atoms with Gasteiger partial charge in [0.25, 0.3) is 5.91 Å². The Morgan fingerprint density at radius 2 is 2.12 bits per heavy atom. The van der Waals surface area contributed by atoms with Crippen LogP contribution in [-0.2, 0) is 12.7 Å². The Hall–Kier alpha value is -3.00. The summed E-state index contributed by atoms with van der Waals surface area (Å²) < 4.78 is 52.6. The summed E-state index contributed by atoms with van der Waals surface area (Å²) in [4.78, 5) is 12.0. The van der Waals surface area contributed by atoms with Crippen molar-refractivity contribution in [1.29, 1.82) is 5.26 Å². The monoisotopic (exact) mass is 371 g/mol. The quantitative estimate of drug-likeness (QED) is 0.775. The highest BCUT2D eigenvalue weighted by atomic mass is 19.4. The molecule has 26 heavy (non-hydrogen) atoms. The summed E-state index contributed by atoms with van der Waals surface area (Å²) in [5.41, 5.74) is -3.01. The predicted molar refractivity (Wildman–Crippen MR) is 79.1 cm³/mol. The van der Waals surface area contributed by atoms with Crippen LogP contribution in [0.2, 0.25) is 0 Å². The van der Waals surface area contributed by atoms with E-state index in [0.717, 1.165) is 16.9 Å². The number of nitrogens with zero attached hydrogens (tertiary/aromatic N) is 4. The van der Waals surface area contributed by atoms with Crippen LogP contribution in [0.3, 0.4) is 0 Å². The van der Waals surface area contributed by atoms with Crippen LogP contribution in [0, 0.1) is 17.1 Å². The summed E-state index contributed by atoms with van der Waals surface area (Å²) in [6.07, 6.45) is -3.68. The maximum absolute atomic E-state index is 13.3. The van der Waals surface area contributed by atoms with Gasteiger partial charge in [0.2, 0.25) is 0 Å². The summed E-state index contributed by atoms with van der Waals surface area (Å²) in [7, 11) is 0. The number of aromatic nitrogens is 3. The van der Waals surface area contributed by atoms with E-state index in [-0.39, 0.29) is 17.8 Å². The second kappa shape index (κ2) is 7.09. The lowest BCUT2D eigenvalue weighted by Gasteiger charge is -2.19. The van der Waals surface area contributed by atoms with Crippen molar-refractivity contribution >= 4 is 5.91 Å². The molecule has 11 heteroatoms. The number of aliphatic hydroxyl groups excluding tert-OH is 1. The summed E-state index contributed by atoms with van der Waals surface area (Å²) in [5, 5.41) is 27.4. The topological polar surface area (TPSA) is 104 Å². The van der Waals surface area contributed by atoms with Crippen molar-refractivity contribution in [2.45, 2.75) is 25.2 Å². The molecule has 0 aliphatic rings.